The zero-order valence-corrected chi connectivity index (χ0v) is 12.7. The fourth-order valence-corrected chi connectivity index (χ4v) is 2.82. The lowest BCUT2D eigenvalue weighted by atomic mass is 10.2. The minimum Gasteiger partial charge on any atom is -0.345 e. The highest BCUT2D eigenvalue weighted by Gasteiger charge is 2.15. The highest BCUT2D eigenvalue weighted by molar-refractivity contribution is 7.92. The number of halogens is 1. The van der Waals surface area contributed by atoms with Gasteiger partial charge < -0.3 is 4.90 Å². The van der Waals surface area contributed by atoms with E-state index in [0.717, 1.165) is 0 Å². The molecule has 0 saturated carbocycles. The van der Waals surface area contributed by atoms with E-state index >= 15 is 0 Å². The van der Waals surface area contributed by atoms with E-state index in [9.17, 15) is 13.2 Å². The third kappa shape index (κ3) is 4.40. The van der Waals surface area contributed by atoms with Crippen LogP contribution in [0.2, 0.25) is 5.02 Å². The number of carbonyl (C=O) groups excluding carboxylic acids is 1. The Morgan fingerprint density at radius 3 is 2.53 bits per heavy atom. The number of benzene rings is 1. The van der Waals surface area contributed by atoms with Crippen LogP contribution in [-0.2, 0) is 10.0 Å². The zero-order valence-electron chi connectivity index (χ0n) is 11.1. The molecule has 1 aromatic carbocycles. The Kier molecular flexibility index (Phi) is 5.20. The molecule has 7 heteroatoms. The summed E-state index contributed by atoms with van der Waals surface area (Å²) in [6.45, 7) is 1.78. The highest BCUT2D eigenvalue weighted by atomic mass is 35.5. The molecule has 1 amide bonds. The Morgan fingerprint density at radius 1 is 1.37 bits per heavy atom. The van der Waals surface area contributed by atoms with E-state index in [1.807, 2.05) is 0 Å². The average molecular weight is 305 g/mol. The van der Waals surface area contributed by atoms with Crippen LogP contribution in [0, 0.1) is 0 Å². The van der Waals surface area contributed by atoms with Crippen molar-refractivity contribution in [2.45, 2.75) is 13.3 Å². The van der Waals surface area contributed by atoms with Gasteiger partial charge in [-0.3, -0.25) is 9.52 Å². The summed E-state index contributed by atoms with van der Waals surface area (Å²) >= 11 is 5.94. The number of rotatable bonds is 5. The van der Waals surface area contributed by atoms with Crippen LogP contribution in [0.25, 0.3) is 0 Å². The molecule has 1 aromatic rings. The molecule has 0 aliphatic heterocycles. The van der Waals surface area contributed by atoms with Gasteiger partial charge in [-0.15, -0.1) is 0 Å². The van der Waals surface area contributed by atoms with E-state index in [0.29, 0.717) is 12.1 Å². The van der Waals surface area contributed by atoms with E-state index in [4.69, 9.17) is 11.6 Å². The van der Waals surface area contributed by atoms with Crippen LogP contribution >= 0.6 is 11.6 Å². The molecule has 0 aliphatic rings. The fourth-order valence-electron chi connectivity index (χ4n) is 1.49. The van der Waals surface area contributed by atoms with Gasteiger partial charge in [-0.25, -0.2) is 8.42 Å². The van der Waals surface area contributed by atoms with Gasteiger partial charge in [0.15, 0.2) is 0 Å². The molecule has 0 saturated heterocycles. The smallest absolute Gasteiger partial charge is 0.254 e. The quantitative estimate of drug-likeness (QED) is 0.907. The molecular weight excluding hydrogens is 288 g/mol. The van der Waals surface area contributed by atoms with Crippen LogP contribution in [0.5, 0.6) is 0 Å². The van der Waals surface area contributed by atoms with Gasteiger partial charge in [-0.05, 0) is 24.6 Å². The zero-order chi connectivity index (χ0) is 14.6. The van der Waals surface area contributed by atoms with Gasteiger partial charge in [0.1, 0.15) is 0 Å². The largest absolute Gasteiger partial charge is 0.345 e. The minimum absolute atomic E-state index is 0.0343. The second kappa shape index (κ2) is 6.25. The van der Waals surface area contributed by atoms with Crippen LogP contribution in [0.4, 0.5) is 5.69 Å². The van der Waals surface area contributed by atoms with Crippen molar-refractivity contribution in [1.82, 2.24) is 4.90 Å². The molecule has 0 aliphatic carbocycles. The number of carbonyl (C=O) groups is 1. The van der Waals surface area contributed by atoms with Crippen molar-refractivity contribution in [3.63, 3.8) is 0 Å². The molecule has 0 aromatic heterocycles. The maximum Gasteiger partial charge on any atom is 0.254 e. The van der Waals surface area contributed by atoms with E-state index in [2.05, 4.69) is 4.72 Å². The maximum absolute atomic E-state index is 11.9. The van der Waals surface area contributed by atoms with Gasteiger partial charge in [0, 0.05) is 19.8 Å². The van der Waals surface area contributed by atoms with Gasteiger partial charge in [-0.2, -0.15) is 0 Å². The number of hydrogen-bond donors (Lipinski definition) is 1. The molecule has 106 valence electrons. The Morgan fingerprint density at radius 2 is 2.00 bits per heavy atom. The Hall–Kier alpha value is -1.27. The highest BCUT2D eigenvalue weighted by Crippen LogP contribution is 2.22. The molecule has 0 bridgehead atoms. The van der Waals surface area contributed by atoms with Crippen molar-refractivity contribution in [3.05, 3.63) is 28.8 Å². The molecule has 0 heterocycles. The summed E-state index contributed by atoms with van der Waals surface area (Å²) in [4.78, 5) is 13.3. The normalized spacial score (nSPS) is 11.2. The lowest BCUT2D eigenvalue weighted by Gasteiger charge is -2.13. The van der Waals surface area contributed by atoms with Crippen molar-refractivity contribution < 1.29 is 13.2 Å². The summed E-state index contributed by atoms with van der Waals surface area (Å²) in [5.74, 6) is -0.242. The molecule has 0 atom stereocenters. The summed E-state index contributed by atoms with van der Waals surface area (Å²) in [5, 5.41) is 0.289. The lowest BCUT2D eigenvalue weighted by molar-refractivity contribution is 0.0828. The molecule has 1 N–H and O–H groups in total. The molecular formula is C12H17ClN2O3S. The topological polar surface area (TPSA) is 66.5 Å². The molecule has 5 nitrogen and oxygen atoms in total. The monoisotopic (exact) mass is 304 g/mol. The van der Waals surface area contributed by atoms with Gasteiger partial charge in [0.25, 0.3) is 5.91 Å². The van der Waals surface area contributed by atoms with Gasteiger partial charge in [-0.1, -0.05) is 18.5 Å². The second-order valence-electron chi connectivity index (χ2n) is 4.32. The molecule has 0 fully saturated rings. The average Bonchev–Trinajstić information content (AvgIpc) is 2.30. The van der Waals surface area contributed by atoms with Crippen LogP contribution in [-0.4, -0.2) is 39.1 Å². The predicted octanol–water partition coefficient (Wildman–Crippen LogP) is 2.19. The summed E-state index contributed by atoms with van der Waals surface area (Å²) in [6, 6.07) is 4.47. The van der Waals surface area contributed by atoms with Crippen molar-refractivity contribution in [2.75, 3.05) is 24.6 Å². The van der Waals surface area contributed by atoms with Crippen molar-refractivity contribution >= 4 is 33.2 Å². The third-order valence-electron chi connectivity index (χ3n) is 2.35. The van der Waals surface area contributed by atoms with Crippen LogP contribution < -0.4 is 4.72 Å². The van der Waals surface area contributed by atoms with E-state index < -0.39 is 10.0 Å². The summed E-state index contributed by atoms with van der Waals surface area (Å²) < 4.78 is 25.7. The molecule has 19 heavy (non-hydrogen) atoms. The first kappa shape index (κ1) is 15.8. The van der Waals surface area contributed by atoms with Crippen LogP contribution in [0.15, 0.2) is 18.2 Å². The number of nitrogens with zero attached hydrogens (tertiary/aromatic N) is 1. The Balaban J connectivity index is 3.07. The van der Waals surface area contributed by atoms with Crippen LogP contribution in [0.3, 0.4) is 0 Å². The number of hydrogen-bond acceptors (Lipinski definition) is 3. The number of nitrogens with one attached hydrogen (secondary N) is 1. The molecule has 0 spiro atoms. The Bertz CT molecular complexity index is 570. The van der Waals surface area contributed by atoms with Crippen LogP contribution in [0.1, 0.15) is 23.7 Å². The SMILES string of the molecule is CCCS(=O)(=O)Nc1ccc(Cl)c(C(=O)N(C)C)c1. The van der Waals surface area contributed by atoms with E-state index in [1.54, 1.807) is 21.0 Å². The Labute approximate surface area is 118 Å². The van der Waals surface area contributed by atoms with E-state index in [1.165, 1.54) is 23.1 Å². The number of sulfonamides is 1. The third-order valence-corrected chi connectivity index (χ3v) is 4.17. The summed E-state index contributed by atoms with van der Waals surface area (Å²) in [5.41, 5.74) is 0.603. The van der Waals surface area contributed by atoms with Crippen molar-refractivity contribution in [1.29, 1.82) is 0 Å². The fraction of sp³-hybridized carbons (Fsp3) is 0.417. The van der Waals surface area contributed by atoms with E-state index in [-0.39, 0.29) is 22.2 Å². The first-order chi connectivity index (χ1) is 8.76. The summed E-state index contributed by atoms with van der Waals surface area (Å²) in [7, 11) is -0.171. The maximum atomic E-state index is 11.9. The number of anilines is 1. The first-order valence-corrected chi connectivity index (χ1v) is 7.81. The van der Waals surface area contributed by atoms with Gasteiger partial charge in [0.05, 0.1) is 16.3 Å². The minimum atomic E-state index is -3.38. The lowest BCUT2D eigenvalue weighted by Crippen LogP contribution is -2.22. The molecule has 0 unspecified atom stereocenters. The standard InChI is InChI=1S/C12H17ClN2O3S/c1-4-7-19(17,18)14-9-5-6-11(13)10(8-9)12(16)15(2)3/h5-6,8,14H,4,7H2,1-3H3. The van der Waals surface area contributed by atoms with Gasteiger partial charge >= 0.3 is 0 Å². The second-order valence-corrected chi connectivity index (χ2v) is 6.56. The van der Waals surface area contributed by atoms with Crippen molar-refractivity contribution in [3.8, 4) is 0 Å². The first-order valence-electron chi connectivity index (χ1n) is 5.78. The van der Waals surface area contributed by atoms with Gasteiger partial charge in [0.2, 0.25) is 10.0 Å². The molecule has 0 radical (unpaired) electrons. The molecule has 1 rings (SSSR count). The number of amides is 1. The van der Waals surface area contributed by atoms with Crippen molar-refractivity contribution in [2.24, 2.45) is 0 Å². The predicted molar refractivity (Wildman–Crippen MR) is 77.2 cm³/mol. The summed E-state index contributed by atoms with van der Waals surface area (Å²) in [6.07, 6.45) is 0.520.